The zero-order valence-electron chi connectivity index (χ0n) is 11.9. The highest BCUT2D eigenvalue weighted by atomic mass is 35.5. The summed E-state index contributed by atoms with van der Waals surface area (Å²) < 4.78 is 38.9. The summed E-state index contributed by atoms with van der Waals surface area (Å²) in [5.41, 5.74) is 6.84. The van der Waals surface area contributed by atoms with Gasteiger partial charge in [-0.1, -0.05) is 29.8 Å². The molecule has 2 nitrogen and oxygen atoms in total. The lowest BCUT2D eigenvalue weighted by Crippen LogP contribution is -2.47. The Morgan fingerprint density at radius 1 is 1.33 bits per heavy atom. The lowest BCUT2D eigenvalue weighted by atomic mass is 9.92. The first kappa shape index (κ1) is 16.6. The fourth-order valence-electron chi connectivity index (χ4n) is 3.05. The van der Waals surface area contributed by atoms with Crippen LogP contribution >= 0.6 is 11.6 Å². The number of halogens is 4. The highest BCUT2D eigenvalue weighted by Gasteiger charge is 2.43. The fourth-order valence-corrected chi connectivity index (χ4v) is 3.30. The van der Waals surface area contributed by atoms with Crippen LogP contribution in [0.4, 0.5) is 13.2 Å². The predicted octanol–water partition coefficient (Wildman–Crippen LogP) is 4.00. The molecule has 1 aliphatic heterocycles. The topological polar surface area (TPSA) is 29.3 Å². The summed E-state index contributed by atoms with van der Waals surface area (Å²) in [7, 11) is 0. The molecule has 2 rings (SSSR count). The lowest BCUT2D eigenvalue weighted by molar-refractivity contribution is -0.189. The summed E-state index contributed by atoms with van der Waals surface area (Å²) in [6.07, 6.45) is -3.44. The van der Waals surface area contributed by atoms with Gasteiger partial charge in [0.15, 0.2) is 0 Å². The Morgan fingerprint density at radius 2 is 2.00 bits per heavy atom. The second-order valence-electron chi connectivity index (χ2n) is 5.70. The number of nitrogens with two attached hydrogens (primary N) is 1. The summed E-state index contributed by atoms with van der Waals surface area (Å²) >= 11 is 6.20. The van der Waals surface area contributed by atoms with Crippen molar-refractivity contribution in [1.29, 1.82) is 0 Å². The Bertz CT molecular complexity index is 476. The molecule has 1 saturated heterocycles. The molecule has 3 atom stereocenters. The third-order valence-electron chi connectivity index (χ3n) is 4.03. The minimum atomic E-state index is -4.15. The molecule has 0 bridgehead atoms. The van der Waals surface area contributed by atoms with E-state index in [2.05, 4.69) is 0 Å². The Hall–Kier alpha value is -0.780. The third-order valence-corrected chi connectivity index (χ3v) is 4.38. The van der Waals surface area contributed by atoms with Crippen LogP contribution in [0.25, 0.3) is 0 Å². The number of benzene rings is 1. The van der Waals surface area contributed by atoms with Crippen LogP contribution < -0.4 is 5.73 Å². The van der Waals surface area contributed by atoms with E-state index in [1.807, 2.05) is 24.0 Å². The number of nitrogens with zero attached hydrogens (tertiary/aromatic N) is 1. The first-order valence-electron chi connectivity index (χ1n) is 7.11. The minimum Gasteiger partial charge on any atom is -0.326 e. The van der Waals surface area contributed by atoms with Crippen LogP contribution in [-0.2, 0) is 0 Å². The molecule has 0 saturated carbocycles. The molecule has 0 spiro atoms. The highest BCUT2D eigenvalue weighted by molar-refractivity contribution is 6.31. The molecule has 1 aromatic rings. The van der Waals surface area contributed by atoms with Crippen molar-refractivity contribution in [3.8, 4) is 0 Å². The highest BCUT2D eigenvalue weighted by Crippen LogP contribution is 2.38. The maximum Gasteiger partial charge on any atom is 0.393 e. The molecule has 6 heteroatoms. The van der Waals surface area contributed by atoms with Crippen molar-refractivity contribution in [3.63, 3.8) is 0 Å². The standard InChI is InChI=1S/C15H20ClF3N2/c1-10(20)14(12-6-2-3-7-13(12)16)21-8-4-5-11(9-21)15(17,18)19/h2-3,6-7,10-11,14H,4-5,8-9,20H2,1H3. The Balaban J connectivity index is 2.25. The van der Waals surface area contributed by atoms with Gasteiger partial charge in [-0.2, -0.15) is 13.2 Å². The lowest BCUT2D eigenvalue weighted by Gasteiger charge is -2.41. The normalized spacial score (nSPS) is 23.8. The van der Waals surface area contributed by atoms with Gasteiger partial charge in [-0.15, -0.1) is 0 Å². The molecule has 1 fully saturated rings. The first-order chi connectivity index (χ1) is 9.80. The van der Waals surface area contributed by atoms with E-state index >= 15 is 0 Å². The van der Waals surface area contributed by atoms with Crippen molar-refractivity contribution in [2.45, 2.75) is 38.0 Å². The van der Waals surface area contributed by atoms with E-state index in [-0.39, 0.29) is 25.0 Å². The second kappa shape index (κ2) is 6.55. The Kier molecular flexibility index (Phi) is 5.17. The maximum absolute atomic E-state index is 13.0. The summed E-state index contributed by atoms with van der Waals surface area (Å²) in [6, 6.07) is 6.65. The number of rotatable bonds is 3. The van der Waals surface area contributed by atoms with E-state index in [0.717, 1.165) is 5.56 Å². The minimum absolute atomic E-state index is 0.0130. The summed E-state index contributed by atoms with van der Waals surface area (Å²) in [5, 5.41) is 0.550. The maximum atomic E-state index is 13.0. The SMILES string of the molecule is CC(N)C(c1ccccc1Cl)N1CCCC(C(F)(F)F)C1. The van der Waals surface area contributed by atoms with E-state index in [1.54, 1.807) is 12.1 Å². The van der Waals surface area contributed by atoms with Gasteiger partial charge in [0, 0.05) is 17.6 Å². The molecule has 0 aliphatic carbocycles. The number of alkyl halides is 3. The van der Waals surface area contributed by atoms with E-state index < -0.39 is 12.1 Å². The first-order valence-corrected chi connectivity index (χ1v) is 7.49. The van der Waals surface area contributed by atoms with Gasteiger partial charge >= 0.3 is 6.18 Å². The van der Waals surface area contributed by atoms with Crippen LogP contribution in [0, 0.1) is 5.92 Å². The molecule has 0 aromatic heterocycles. The number of hydrogen-bond acceptors (Lipinski definition) is 2. The molecule has 2 N–H and O–H groups in total. The fraction of sp³-hybridized carbons (Fsp3) is 0.600. The van der Waals surface area contributed by atoms with Gasteiger partial charge in [-0.3, -0.25) is 4.90 Å². The number of hydrogen-bond donors (Lipinski definition) is 1. The molecule has 1 aromatic carbocycles. The van der Waals surface area contributed by atoms with E-state index in [0.29, 0.717) is 18.0 Å². The molecule has 118 valence electrons. The van der Waals surface area contributed by atoms with Crippen molar-refractivity contribution < 1.29 is 13.2 Å². The van der Waals surface area contributed by atoms with Gasteiger partial charge in [0.05, 0.1) is 12.0 Å². The predicted molar refractivity (Wildman–Crippen MR) is 78.2 cm³/mol. The van der Waals surface area contributed by atoms with Crippen molar-refractivity contribution >= 4 is 11.6 Å². The van der Waals surface area contributed by atoms with E-state index in [1.165, 1.54) is 0 Å². The van der Waals surface area contributed by atoms with Crippen LogP contribution in [0.15, 0.2) is 24.3 Å². The van der Waals surface area contributed by atoms with Crippen LogP contribution in [0.3, 0.4) is 0 Å². The smallest absolute Gasteiger partial charge is 0.326 e. The quantitative estimate of drug-likeness (QED) is 0.912. The molecular weight excluding hydrogens is 301 g/mol. The average molecular weight is 321 g/mol. The molecular formula is C15H20ClF3N2. The monoisotopic (exact) mass is 320 g/mol. The van der Waals surface area contributed by atoms with Crippen LogP contribution in [-0.4, -0.2) is 30.2 Å². The van der Waals surface area contributed by atoms with Gasteiger partial charge in [-0.25, -0.2) is 0 Å². The van der Waals surface area contributed by atoms with Crippen LogP contribution in [0.2, 0.25) is 5.02 Å². The van der Waals surface area contributed by atoms with Gasteiger partial charge < -0.3 is 5.73 Å². The van der Waals surface area contributed by atoms with Gasteiger partial charge in [0.2, 0.25) is 0 Å². The molecule has 3 unspecified atom stereocenters. The zero-order chi connectivity index (χ0) is 15.6. The molecule has 21 heavy (non-hydrogen) atoms. The summed E-state index contributed by atoms with van der Waals surface area (Å²) in [4.78, 5) is 1.83. The van der Waals surface area contributed by atoms with Crippen LogP contribution in [0.1, 0.15) is 31.4 Å². The summed E-state index contributed by atoms with van der Waals surface area (Å²) in [5.74, 6) is -1.28. The molecule has 0 amide bonds. The van der Waals surface area contributed by atoms with E-state index in [9.17, 15) is 13.2 Å². The van der Waals surface area contributed by atoms with Crippen molar-refractivity contribution in [1.82, 2.24) is 4.90 Å². The van der Waals surface area contributed by atoms with Crippen LogP contribution in [0.5, 0.6) is 0 Å². The van der Waals surface area contributed by atoms with Crippen molar-refractivity contribution in [3.05, 3.63) is 34.9 Å². The number of likely N-dealkylation sites (tertiary alicyclic amines) is 1. The second-order valence-corrected chi connectivity index (χ2v) is 6.11. The van der Waals surface area contributed by atoms with Crippen molar-refractivity contribution in [2.24, 2.45) is 11.7 Å². The van der Waals surface area contributed by atoms with Gasteiger partial charge in [-0.05, 0) is 37.9 Å². The molecule has 0 radical (unpaired) electrons. The summed E-state index contributed by atoms with van der Waals surface area (Å²) in [6.45, 7) is 2.41. The molecule has 1 aliphatic rings. The Morgan fingerprint density at radius 3 is 2.57 bits per heavy atom. The van der Waals surface area contributed by atoms with Gasteiger partial charge in [0.25, 0.3) is 0 Å². The number of piperidine rings is 1. The van der Waals surface area contributed by atoms with Gasteiger partial charge in [0.1, 0.15) is 0 Å². The van der Waals surface area contributed by atoms with E-state index in [4.69, 9.17) is 17.3 Å². The average Bonchev–Trinajstić information content (AvgIpc) is 2.40. The van der Waals surface area contributed by atoms with Crippen molar-refractivity contribution in [2.75, 3.05) is 13.1 Å². The third kappa shape index (κ3) is 3.90. The molecule has 1 heterocycles. The zero-order valence-corrected chi connectivity index (χ0v) is 12.7. The Labute approximate surface area is 128 Å². The largest absolute Gasteiger partial charge is 0.393 e.